The zero-order chi connectivity index (χ0) is 36.9. The van der Waals surface area contributed by atoms with Crippen molar-refractivity contribution in [2.75, 3.05) is 19.4 Å². The number of nitrogens with zero attached hydrogens (tertiary/aromatic N) is 2. The molecule has 19 heteroatoms. The largest absolute Gasteiger partial charge is 0.508 e. The fourth-order valence-electron chi connectivity index (χ4n) is 4.81. The lowest BCUT2D eigenvalue weighted by Crippen LogP contribution is -2.57. The lowest BCUT2D eigenvalue weighted by molar-refractivity contribution is -0.210. The van der Waals surface area contributed by atoms with Crippen molar-refractivity contribution in [3.63, 3.8) is 0 Å². The van der Waals surface area contributed by atoms with E-state index < -0.39 is 67.3 Å². The molecule has 1 aliphatic rings. The number of carbonyl (C=O) groups excluding carboxylic acids is 4. The first kappa shape index (κ1) is 40.0. The molecule has 0 saturated carbocycles. The topological polar surface area (TPSA) is 170 Å². The van der Waals surface area contributed by atoms with Crippen LogP contribution in [0, 0.1) is 12.3 Å². The van der Waals surface area contributed by atoms with Crippen molar-refractivity contribution in [3.8, 4) is 10.4 Å². The van der Waals surface area contributed by atoms with Gasteiger partial charge in [0.2, 0.25) is 11.8 Å². The van der Waals surface area contributed by atoms with Crippen molar-refractivity contribution < 1.29 is 55.1 Å². The van der Waals surface area contributed by atoms with Crippen molar-refractivity contribution in [2.24, 2.45) is 5.41 Å². The molecule has 0 radical (unpaired) electrons. The van der Waals surface area contributed by atoms with Gasteiger partial charge in [-0.2, -0.15) is 13.2 Å². The molecule has 1 aliphatic heterocycles. The summed E-state index contributed by atoms with van der Waals surface area (Å²) in [5.74, 6) is -4.10. The number of benzene rings is 1. The summed E-state index contributed by atoms with van der Waals surface area (Å²) in [6.45, 7) is 8.87. The minimum Gasteiger partial charge on any atom is -0.433 e. The van der Waals surface area contributed by atoms with Crippen LogP contribution in [0.15, 0.2) is 29.8 Å². The molecular formula is C30H39F3N4O9S3. The molecule has 272 valence electrons. The van der Waals surface area contributed by atoms with Crippen LogP contribution in [-0.4, -0.2) is 90.8 Å². The number of amides is 2. The number of hydrogen-bond donors (Lipinski definition) is 2. The molecule has 2 amide bonds. The highest BCUT2D eigenvalue weighted by Crippen LogP contribution is 2.31. The normalized spacial score (nSPS) is 17.7. The number of aryl methyl sites for hydroxylation is 1. The molecule has 1 saturated heterocycles. The summed E-state index contributed by atoms with van der Waals surface area (Å²) in [6.07, 6.45) is -6.79. The Balaban J connectivity index is 1.77. The van der Waals surface area contributed by atoms with Crippen molar-refractivity contribution in [2.45, 2.75) is 83.6 Å². The lowest BCUT2D eigenvalue weighted by atomic mass is 9.86. The van der Waals surface area contributed by atoms with Gasteiger partial charge in [-0.3, -0.25) is 9.59 Å². The molecule has 0 bridgehead atoms. The maximum Gasteiger partial charge on any atom is 0.508 e. The number of hydroxylamine groups is 1. The first-order valence-corrected chi connectivity index (χ1v) is 18.9. The number of halogens is 3. The zero-order valence-electron chi connectivity index (χ0n) is 27.9. The Hall–Kier alpha value is -3.42. The van der Waals surface area contributed by atoms with Gasteiger partial charge in [-0.1, -0.05) is 45.0 Å². The van der Waals surface area contributed by atoms with Gasteiger partial charge in [0.15, 0.2) is 8.87 Å². The van der Waals surface area contributed by atoms with E-state index in [1.165, 1.54) is 32.1 Å². The third-order valence-corrected chi connectivity index (χ3v) is 11.2. The van der Waals surface area contributed by atoms with Crippen LogP contribution in [0.2, 0.25) is 0 Å². The van der Waals surface area contributed by atoms with Gasteiger partial charge >= 0.3 is 18.3 Å². The van der Waals surface area contributed by atoms with E-state index in [1.807, 2.05) is 36.7 Å². The van der Waals surface area contributed by atoms with E-state index in [2.05, 4.69) is 15.1 Å². The van der Waals surface area contributed by atoms with Crippen molar-refractivity contribution in [3.05, 3.63) is 41.0 Å². The van der Waals surface area contributed by atoms with E-state index in [0.717, 1.165) is 32.9 Å². The Kier molecular flexibility index (Phi) is 12.8. The fourth-order valence-corrected chi connectivity index (χ4v) is 9.15. The summed E-state index contributed by atoms with van der Waals surface area (Å²) in [7, 11) is -2.88. The number of nitrogens with one attached hydrogen (secondary N) is 2. The number of aromatic nitrogens is 1. The minimum atomic E-state index is -5.33. The Morgan fingerprint density at radius 3 is 2.27 bits per heavy atom. The van der Waals surface area contributed by atoms with Gasteiger partial charge in [-0.25, -0.2) is 23.0 Å². The Labute approximate surface area is 289 Å². The van der Waals surface area contributed by atoms with Crippen LogP contribution in [0.3, 0.4) is 0 Å². The molecule has 0 aliphatic carbocycles. The van der Waals surface area contributed by atoms with Crippen LogP contribution in [-0.2, 0) is 44.1 Å². The SMILES string of the molecule is Cc1ncsc1-c1ccc(CNC(=O)[C@@H]2C[C@@H](OC(=O)OCC(C)(C)SS(C)(=O)=O)CN2C(=O)[C@@H](NOC(=O)C(F)(F)F)C(C)(C)C)cc1. The molecule has 3 atom stereocenters. The Morgan fingerprint density at radius 1 is 1.10 bits per heavy atom. The maximum absolute atomic E-state index is 13.8. The number of hydrogen-bond acceptors (Lipinski definition) is 13. The van der Waals surface area contributed by atoms with Crippen LogP contribution in [0.5, 0.6) is 0 Å². The molecule has 1 aromatic heterocycles. The second-order valence-electron chi connectivity index (χ2n) is 13.1. The van der Waals surface area contributed by atoms with Crippen LogP contribution < -0.4 is 10.8 Å². The van der Waals surface area contributed by atoms with Crippen LogP contribution in [0.25, 0.3) is 10.4 Å². The standard InChI is InChI=1S/C30H39F3N4O9S3/c1-17-22(47-16-35-17)19-10-8-18(9-11-19)13-34-24(38)21-12-20(45-27(41)44-15-29(5,6)48-49(7,42)43)14-37(21)25(39)23(28(2,3)4)36-46-26(40)30(31,32)33/h8-11,16,20-21,23,36H,12-15H2,1-7H3,(H,34,38)/t20-,21+,23-/m1/s1. The second kappa shape index (κ2) is 15.6. The van der Waals surface area contributed by atoms with Gasteiger partial charge in [0, 0.05) is 19.2 Å². The summed E-state index contributed by atoms with van der Waals surface area (Å²) in [5.41, 5.74) is 5.08. The molecule has 1 aromatic carbocycles. The monoisotopic (exact) mass is 752 g/mol. The first-order valence-electron chi connectivity index (χ1n) is 14.8. The number of thiazole rings is 1. The average Bonchev–Trinajstić information content (AvgIpc) is 3.59. The fraction of sp³-hybridized carbons (Fsp3) is 0.567. The predicted octanol–water partition coefficient (Wildman–Crippen LogP) is 4.35. The molecule has 0 unspecified atom stereocenters. The number of alkyl halides is 3. The van der Waals surface area contributed by atoms with E-state index in [-0.39, 0.29) is 26.1 Å². The van der Waals surface area contributed by atoms with Gasteiger partial charge in [0.1, 0.15) is 24.8 Å². The molecule has 13 nitrogen and oxygen atoms in total. The van der Waals surface area contributed by atoms with Crippen LogP contribution >= 0.6 is 22.1 Å². The van der Waals surface area contributed by atoms with Crippen LogP contribution in [0.1, 0.15) is 52.3 Å². The molecule has 3 rings (SSSR count). The smallest absolute Gasteiger partial charge is 0.433 e. The van der Waals surface area contributed by atoms with Gasteiger partial charge in [0.05, 0.1) is 27.4 Å². The van der Waals surface area contributed by atoms with E-state index in [1.54, 1.807) is 19.4 Å². The van der Waals surface area contributed by atoms with E-state index in [9.17, 15) is 40.8 Å². The maximum atomic E-state index is 13.8. The third kappa shape index (κ3) is 11.9. The summed E-state index contributed by atoms with van der Waals surface area (Å²) in [6, 6.07) is 4.59. The molecule has 2 aromatic rings. The highest BCUT2D eigenvalue weighted by atomic mass is 33.1. The lowest BCUT2D eigenvalue weighted by Gasteiger charge is -2.34. The number of carbonyl (C=O) groups is 4. The number of rotatable bonds is 12. The van der Waals surface area contributed by atoms with E-state index in [0.29, 0.717) is 10.8 Å². The summed E-state index contributed by atoms with van der Waals surface area (Å²) >= 11 is 1.49. The summed E-state index contributed by atoms with van der Waals surface area (Å²) < 4.78 is 71.3. The van der Waals surface area contributed by atoms with Crippen molar-refractivity contribution in [1.82, 2.24) is 20.7 Å². The third-order valence-electron chi connectivity index (χ3n) is 7.07. The highest BCUT2D eigenvalue weighted by Gasteiger charge is 2.48. The summed E-state index contributed by atoms with van der Waals surface area (Å²) in [5, 5.41) is 2.75. The molecule has 49 heavy (non-hydrogen) atoms. The Bertz CT molecular complexity index is 1630. The van der Waals surface area contributed by atoms with Gasteiger partial charge < -0.3 is 24.5 Å². The van der Waals surface area contributed by atoms with Crippen LogP contribution in [0.4, 0.5) is 18.0 Å². The molecule has 0 spiro atoms. The first-order chi connectivity index (χ1) is 22.5. The molecule has 1 fully saturated rings. The van der Waals surface area contributed by atoms with E-state index >= 15 is 0 Å². The summed E-state index contributed by atoms with van der Waals surface area (Å²) in [4.78, 5) is 61.8. The average molecular weight is 753 g/mol. The van der Waals surface area contributed by atoms with Crippen molar-refractivity contribution in [1.29, 1.82) is 0 Å². The molecular weight excluding hydrogens is 714 g/mol. The van der Waals surface area contributed by atoms with E-state index in [4.69, 9.17) is 9.47 Å². The highest BCUT2D eigenvalue weighted by molar-refractivity contribution is 8.72. The zero-order valence-corrected chi connectivity index (χ0v) is 30.3. The minimum absolute atomic E-state index is 0.0596. The van der Waals surface area contributed by atoms with Gasteiger partial charge in [-0.15, -0.1) is 16.8 Å². The van der Waals surface area contributed by atoms with Gasteiger partial charge in [0.25, 0.3) is 0 Å². The number of ether oxygens (including phenoxy) is 2. The second-order valence-corrected chi connectivity index (χ2v) is 18.9. The quantitative estimate of drug-likeness (QED) is 0.179. The predicted molar refractivity (Wildman–Crippen MR) is 176 cm³/mol. The van der Waals surface area contributed by atoms with Crippen molar-refractivity contribution >= 4 is 54.9 Å². The number of likely N-dealkylation sites (tertiary alicyclic amines) is 1. The molecule has 2 N–H and O–H groups in total. The molecule has 2 heterocycles. The Morgan fingerprint density at radius 2 is 1.73 bits per heavy atom. The van der Waals surface area contributed by atoms with Gasteiger partial charge in [-0.05, 0) is 48.1 Å².